The normalized spacial score (nSPS) is 12.7. The lowest BCUT2D eigenvalue weighted by Gasteiger charge is -2.13. The van der Waals surface area contributed by atoms with Gasteiger partial charge in [0.15, 0.2) is 0 Å². The van der Waals surface area contributed by atoms with Gasteiger partial charge >= 0.3 is 0 Å². The van der Waals surface area contributed by atoms with Crippen LogP contribution in [0.5, 0.6) is 0 Å². The van der Waals surface area contributed by atoms with E-state index in [4.69, 9.17) is 5.84 Å². The van der Waals surface area contributed by atoms with Crippen molar-refractivity contribution in [3.63, 3.8) is 0 Å². The molecule has 6 nitrogen and oxygen atoms in total. The molecule has 0 aliphatic carbocycles. The number of fused-ring (bicyclic) bond motifs is 1. The van der Waals surface area contributed by atoms with Crippen LogP contribution in [0.2, 0.25) is 0 Å². The van der Waals surface area contributed by atoms with Gasteiger partial charge in [-0.1, -0.05) is 18.2 Å². The van der Waals surface area contributed by atoms with E-state index in [0.717, 1.165) is 16.5 Å². The van der Waals surface area contributed by atoms with Crippen molar-refractivity contribution in [3.8, 4) is 0 Å². The summed E-state index contributed by atoms with van der Waals surface area (Å²) in [7, 11) is 0. The monoisotopic (exact) mass is 240 g/mol. The number of pyridine rings is 1. The van der Waals surface area contributed by atoms with E-state index in [1.807, 2.05) is 30.3 Å². The smallest absolute Gasteiger partial charge is 0.147 e. The van der Waals surface area contributed by atoms with Gasteiger partial charge in [-0.25, -0.2) is 10.4 Å². The molecule has 18 heavy (non-hydrogen) atoms. The Morgan fingerprint density at radius 1 is 1.22 bits per heavy atom. The number of hydrazine groups is 1. The molecule has 4 N–H and O–H groups in total. The molecule has 6 heteroatoms. The molecule has 1 atom stereocenters. The number of para-hydroxylation sites is 1. The van der Waals surface area contributed by atoms with Crippen molar-refractivity contribution in [2.45, 2.75) is 6.04 Å². The molecule has 0 aliphatic rings. The SMILES string of the molecule is NNC(c1cnc2ccccc2c1)c1ncn[nH]1. The van der Waals surface area contributed by atoms with E-state index in [-0.39, 0.29) is 6.04 Å². The Labute approximate surface area is 103 Å². The van der Waals surface area contributed by atoms with Crippen molar-refractivity contribution in [1.29, 1.82) is 0 Å². The summed E-state index contributed by atoms with van der Waals surface area (Å²) in [6.07, 6.45) is 3.24. The van der Waals surface area contributed by atoms with Crippen LogP contribution in [0.15, 0.2) is 42.9 Å². The maximum absolute atomic E-state index is 5.57. The molecule has 0 aliphatic heterocycles. The van der Waals surface area contributed by atoms with Crippen LogP contribution in [0.3, 0.4) is 0 Å². The lowest BCUT2D eigenvalue weighted by atomic mass is 10.1. The highest BCUT2D eigenvalue weighted by Gasteiger charge is 2.15. The number of nitrogens with two attached hydrogens (primary N) is 1. The van der Waals surface area contributed by atoms with E-state index >= 15 is 0 Å². The number of aromatic nitrogens is 4. The molecule has 3 aromatic rings. The van der Waals surface area contributed by atoms with Crippen LogP contribution in [0, 0.1) is 0 Å². The Hall–Kier alpha value is -2.31. The van der Waals surface area contributed by atoms with Gasteiger partial charge in [0, 0.05) is 11.6 Å². The van der Waals surface area contributed by atoms with E-state index in [2.05, 4.69) is 25.6 Å². The molecule has 2 aromatic heterocycles. The van der Waals surface area contributed by atoms with Gasteiger partial charge in [0.25, 0.3) is 0 Å². The molecule has 1 aromatic carbocycles. The lowest BCUT2D eigenvalue weighted by Crippen LogP contribution is -2.29. The number of hydrogen-bond donors (Lipinski definition) is 3. The minimum Gasteiger partial charge on any atom is -0.270 e. The van der Waals surface area contributed by atoms with Crippen LogP contribution in [0.1, 0.15) is 17.4 Å². The Morgan fingerprint density at radius 2 is 2.11 bits per heavy atom. The predicted molar refractivity (Wildman–Crippen MR) is 67.3 cm³/mol. The van der Waals surface area contributed by atoms with Crippen molar-refractivity contribution in [3.05, 3.63) is 54.2 Å². The maximum Gasteiger partial charge on any atom is 0.147 e. The second-order valence-corrected chi connectivity index (χ2v) is 3.93. The van der Waals surface area contributed by atoms with E-state index in [1.165, 1.54) is 6.33 Å². The van der Waals surface area contributed by atoms with Crippen LogP contribution in [0.25, 0.3) is 10.9 Å². The van der Waals surface area contributed by atoms with E-state index in [0.29, 0.717) is 5.82 Å². The van der Waals surface area contributed by atoms with Crippen LogP contribution < -0.4 is 11.3 Å². The second kappa shape index (κ2) is 4.52. The molecule has 0 bridgehead atoms. The van der Waals surface area contributed by atoms with Gasteiger partial charge in [0.1, 0.15) is 18.2 Å². The zero-order valence-corrected chi connectivity index (χ0v) is 9.54. The molecule has 90 valence electrons. The zero-order valence-electron chi connectivity index (χ0n) is 9.54. The maximum atomic E-state index is 5.57. The van der Waals surface area contributed by atoms with Crippen LogP contribution in [-0.2, 0) is 0 Å². The molecule has 0 saturated heterocycles. The highest BCUT2D eigenvalue weighted by molar-refractivity contribution is 5.78. The Morgan fingerprint density at radius 3 is 2.89 bits per heavy atom. The quantitative estimate of drug-likeness (QED) is 0.467. The standard InChI is InChI=1S/C12H12N6/c13-17-11(12-15-7-16-18-12)9-5-8-3-1-2-4-10(8)14-6-9/h1-7,11,17H,13H2,(H,15,16,18). The van der Waals surface area contributed by atoms with Crippen LogP contribution in [-0.4, -0.2) is 20.2 Å². The second-order valence-electron chi connectivity index (χ2n) is 3.93. The third-order valence-electron chi connectivity index (χ3n) is 2.82. The van der Waals surface area contributed by atoms with Gasteiger partial charge < -0.3 is 0 Å². The molecular formula is C12H12N6. The number of benzene rings is 1. The van der Waals surface area contributed by atoms with Gasteiger partial charge in [0.05, 0.1) is 5.52 Å². The van der Waals surface area contributed by atoms with Crippen LogP contribution in [0.4, 0.5) is 0 Å². The Kier molecular flexibility index (Phi) is 2.71. The fourth-order valence-electron chi connectivity index (χ4n) is 1.93. The van der Waals surface area contributed by atoms with Crippen LogP contribution >= 0.6 is 0 Å². The summed E-state index contributed by atoms with van der Waals surface area (Å²) in [4.78, 5) is 8.51. The summed E-state index contributed by atoms with van der Waals surface area (Å²) in [5, 5.41) is 7.69. The summed E-state index contributed by atoms with van der Waals surface area (Å²) >= 11 is 0. The Balaban J connectivity index is 2.07. The van der Waals surface area contributed by atoms with Gasteiger partial charge in [-0.15, -0.1) is 0 Å². The van der Waals surface area contributed by atoms with Gasteiger partial charge in [-0.2, -0.15) is 5.10 Å². The van der Waals surface area contributed by atoms with E-state index < -0.39 is 0 Å². The predicted octanol–water partition coefficient (Wildman–Crippen LogP) is 0.906. The summed E-state index contributed by atoms with van der Waals surface area (Å²) < 4.78 is 0. The van der Waals surface area contributed by atoms with Crippen molar-refractivity contribution < 1.29 is 0 Å². The molecule has 0 radical (unpaired) electrons. The first-order chi connectivity index (χ1) is 8.88. The average Bonchev–Trinajstić information content (AvgIpc) is 2.93. The molecule has 3 rings (SSSR count). The molecule has 0 spiro atoms. The number of nitrogens with one attached hydrogen (secondary N) is 2. The molecule has 0 fully saturated rings. The number of rotatable bonds is 3. The number of aromatic amines is 1. The zero-order chi connectivity index (χ0) is 12.4. The fourth-order valence-corrected chi connectivity index (χ4v) is 1.93. The lowest BCUT2D eigenvalue weighted by molar-refractivity contribution is 0.603. The summed E-state index contributed by atoms with van der Waals surface area (Å²) in [5.74, 6) is 6.24. The first kappa shape index (κ1) is 10.8. The molecule has 1 unspecified atom stereocenters. The number of H-pyrrole nitrogens is 1. The van der Waals surface area contributed by atoms with Gasteiger partial charge in [-0.3, -0.25) is 15.9 Å². The number of nitrogens with zero attached hydrogens (tertiary/aromatic N) is 3. The third-order valence-corrected chi connectivity index (χ3v) is 2.82. The third kappa shape index (κ3) is 1.83. The fraction of sp³-hybridized carbons (Fsp3) is 0.0833. The van der Waals surface area contributed by atoms with Crippen molar-refractivity contribution >= 4 is 10.9 Å². The molecule has 2 heterocycles. The topological polar surface area (TPSA) is 92.5 Å². The van der Waals surface area contributed by atoms with E-state index in [9.17, 15) is 0 Å². The van der Waals surface area contributed by atoms with E-state index in [1.54, 1.807) is 6.20 Å². The largest absolute Gasteiger partial charge is 0.270 e. The first-order valence-corrected chi connectivity index (χ1v) is 5.54. The number of hydrogen-bond acceptors (Lipinski definition) is 5. The van der Waals surface area contributed by atoms with Crippen molar-refractivity contribution in [2.75, 3.05) is 0 Å². The van der Waals surface area contributed by atoms with Gasteiger partial charge in [0.2, 0.25) is 0 Å². The Bertz CT molecular complexity index is 648. The summed E-state index contributed by atoms with van der Waals surface area (Å²) in [6, 6.07) is 9.72. The summed E-state index contributed by atoms with van der Waals surface area (Å²) in [6.45, 7) is 0. The minimum atomic E-state index is -0.246. The molecule has 0 saturated carbocycles. The minimum absolute atomic E-state index is 0.246. The molecule has 0 amide bonds. The first-order valence-electron chi connectivity index (χ1n) is 5.54. The highest BCUT2D eigenvalue weighted by Crippen LogP contribution is 2.20. The van der Waals surface area contributed by atoms with Gasteiger partial charge in [-0.05, 0) is 17.7 Å². The van der Waals surface area contributed by atoms with Crippen molar-refractivity contribution in [2.24, 2.45) is 5.84 Å². The molecular weight excluding hydrogens is 228 g/mol. The average molecular weight is 240 g/mol. The van der Waals surface area contributed by atoms with Crippen molar-refractivity contribution in [1.82, 2.24) is 25.6 Å². The summed E-state index contributed by atoms with van der Waals surface area (Å²) in [5.41, 5.74) is 4.60. The highest BCUT2D eigenvalue weighted by atomic mass is 15.3.